The average molecular weight is 393 g/mol. The van der Waals surface area contributed by atoms with Crippen LogP contribution in [0.4, 0.5) is 5.69 Å². The number of carbonyl (C=O) groups excluding carboxylic acids is 1. The van der Waals surface area contributed by atoms with Crippen molar-refractivity contribution in [1.29, 1.82) is 0 Å². The Morgan fingerprint density at radius 3 is 2.33 bits per heavy atom. The molecule has 1 amide bonds. The molecule has 4 heteroatoms. The van der Waals surface area contributed by atoms with Crippen LogP contribution in [0.15, 0.2) is 88.1 Å². The van der Waals surface area contributed by atoms with E-state index in [1.165, 1.54) is 6.07 Å². The number of rotatable bonds is 2. The molecule has 0 saturated carbocycles. The van der Waals surface area contributed by atoms with Gasteiger partial charge < -0.3 is 9.32 Å². The summed E-state index contributed by atoms with van der Waals surface area (Å²) in [6.45, 7) is 2.49. The molecular formula is C26H19NO3. The monoisotopic (exact) mass is 393 g/mol. The molecule has 2 heterocycles. The third-order valence-electron chi connectivity index (χ3n) is 5.46. The molecule has 0 spiro atoms. The van der Waals surface area contributed by atoms with Gasteiger partial charge in [-0.15, -0.1) is 0 Å². The van der Waals surface area contributed by atoms with E-state index < -0.39 is 5.63 Å². The van der Waals surface area contributed by atoms with E-state index in [0.29, 0.717) is 17.7 Å². The number of hydrogen-bond acceptors (Lipinski definition) is 3. The maximum absolute atomic E-state index is 13.4. The van der Waals surface area contributed by atoms with Gasteiger partial charge >= 0.3 is 5.63 Å². The van der Waals surface area contributed by atoms with E-state index in [-0.39, 0.29) is 5.91 Å². The van der Waals surface area contributed by atoms with Crippen LogP contribution >= 0.6 is 0 Å². The fourth-order valence-electron chi connectivity index (χ4n) is 4.12. The molecule has 0 unspecified atom stereocenters. The van der Waals surface area contributed by atoms with E-state index in [9.17, 15) is 9.59 Å². The lowest BCUT2D eigenvalue weighted by Crippen LogP contribution is -2.30. The summed E-state index contributed by atoms with van der Waals surface area (Å²) in [6, 6.07) is 24.5. The topological polar surface area (TPSA) is 50.5 Å². The van der Waals surface area contributed by atoms with Crippen LogP contribution in [-0.2, 0) is 0 Å². The van der Waals surface area contributed by atoms with Crippen molar-refractivity contribution in [2.75, 3.05) is 11.4 Å². The van der Waals surface area contributed by atoms with E-state index in [1.807, 2.05) is 67.6 Å². The normalized spacial score (nSPS) is 14.5. The lowest BCUT2D eigenvalue weighted by Gasteiger charge is -2.22. The summed E-state index contributed by atoms with van der Waals surface area (Å²) < 4.78 is 5.46. The largest absolute Gasteiger partial charge is 0.423 e. The minimum absolute atomic E-state index is 0.0393. The fourth-order valence-corrected chi connectivity index (χ4v) is 4.12. The molecule has 30 heavy (non-hydrogen) atoms. The minimum Gasteiger partial charge on any atom is -0.423 e. The number of carbonyl (C=O) groups is 1. The highest BCUT2D eigenvalue weighted by atomic mass is 16.4. The molecule has 1 aliphatic rings. The maximum Gasteiger partial charge on any atom is 0.336 e. The van der Waals surface area contributed by atoms with Crippen LogP contribution in [0.3, 0.4) is 0 Å². The molecule has 1 aliphatic heterocycles. The summed E-state index contributed by atoms with van der Waals surface area (Å²) in [5, 5.41) is 0.803. The van der Waals surface area contributed by atoms with Gasteiger partial charge in [0.1, 0.15) is 5.58 Å². The second-order valence-corrected chi connectivity index (χ2v) is 7.19. The van der Waals surface area contributed by atoms with Gasteiger partial charge in [-0.25, -0.2) is 4.79 Å². The first-order valence-corrected chi connectivity index (χ1v) is 9.92. The van der Waals surface area contributed by atoms with Gasteiger partial charge in [-0.1, -0.05) is 48.5 Å². The molecule has 0 atom stereocenters. The Bertz CT molecular complexity index is 1370. The van der Waals surface area contributed by atoms with Crippen LogP contribution in [0.1, 0.15) is 34.0 Å². The summed E-state index contributed by atoms with van der Waals surface area (Å²) in [6.07, 6.45) is 2.09. The van der Waals surface area contributed by atoms with Crippen molar-refractivity contribution in [3.05, 3.63) is 112 Å². The molecule has 0 aliphatic carbocycles. The minimum atomic E-state index is -0.395. The number of amides is 1. The van der Waals surface area contributed by atoms with Crippen LogP contribution in [0.25, 0.3) is 22.6 Å². The predicted molar refractivity (Wildman–Crippen MR) is 120 cm³/mol. The molecule has 0 fully saturated rings. The molecule has 3 aromatic carbocycles. The van der Waals surface area contributed by atoms with E-state index in [1.54, 1.807) is 17.0 Å². The highest BCUT2D eigenvalue weighted by Crippen LogP contribution is 2.42. The second-order valence-electron chi connectivity index (χ2n) is 7.19. The Balaban J connectivity index is 1.95. The van der Waals surface area contributed by atoms with Crippen LogP contribution in [-0.4, -0.2) is 12.5 Å². The lowest BCUT2D eigenvalue weighted by molar-refractivity contribution is 0.0988. The summed E-state index contributed by atoms with van der Waals surface area (Å²) in [7, 11) is 0. The molecule has 5 rings (SSSR count). The highest BCUT2D eigenvalue weighted by Gasteiger charge is 2.30. The third-order valence-corrected chi connectivity index (χ3v) is 5.46. The fraction of sp³-hybridized carbons (Fsp3) is 0.0769. The van der Waals surface area contributed by atoms with E-state index >= 15 is 0 Å². The van der Waals surface area contributed by atoms with Gasteiger partial charge in [0.15, 0.2) is 0 Å². The van der Waals surface area contributed by atoms with E-state index in [2.05, 4.69) is 6.08 Å². The molecular weight excluding hydrogens is 374 g/mol. The Morgan fingerprint density at radius 2 is 1.57 bits per heavy atom. The Kier molecular flexibility index (Phi) is 4.32. The Morgan fingerprint density at radius 1 is 0.833 bits per heavy atom. The quantitative estimate of drug-likeness (QED) is 0.431. The number of fused-ring (bicyclic) bond motifs is 4. The molecule has 1 aromatic heterocycles. The van der Waals surface area contributed by atoms with Crippen molar-refractivity contribution < 1.29 is 9.21 Å². The van der Waals surface area contributed by atoms with Crippen LogP contribution in [0.2, 0.25) is 0 Å². The van der Waals surface area contributed by atoms with Gasteiger partial charge in [0, 0.05) is 29.1 Å². The van der Waals surface area contributed by atoms with E-state index in [0.717, 1.165) is 33.3 Å². The lowest BCUT2D eigenvalue weighted by atomic mass is 9.90. The predicted octanol–water partition coefficient (Wildman–Crippen LogP) is 5.36. The Labute approximate surface area is 173 Å². The first-order valence-electron chi connectivity index (χ1n) is 9.92. The van der Waals surface area contributed by atoms with Crippen molar-refractivity contribution in [2.24, 2.45) is 0 Å². The molecule has 0 N–H and O–H groups in total. The average Bonchev–Trinajstić information content (AvgIpc) is 2.87. The van der Waals surface area contributed by atoms with Gasteiger partial charge in [0.25, 0.3) is 5.91 Å². The Hall–Kier alpha value is -3.92. The van der Waals surface area contributed by atoms with E-state index in [4.69, 9.17) is 4.42 Å². The van der Waals surface area contributed by atoms with Gasteiger partial charge in [0.05, 0.1) is 5.69 Å². The number of hydrogen-bond donors (Lipinski definition) is 0. The molecule has 0 saturated heterocycles. The maximum atomic E-state index is 13.4. The van der Waals surface area contributed by atoms with Gasteiger partial charge in [-0.05, 0) is 54.0 Å². The highest BCUT2D eigenvalue weighted by molar-refractivity contribution is 6.19. The van der Waals surface area contributed by atoms with Crippen LogP contribution in [0, 0.1) is 0 Å². The van der Waals surface area contributed by atoms with Crippen molar-refractivity contribution in [3.63, 3.8) is 0 Å². The van der Waals surface area contributed by atoms with Crippen molar-refractivity contribution in [3.8, 4) is 0 Å². The van der Waals surface area contributed by atoms with Gasteiger partial charge in [0.2, 0.25) is 0 Å². The summed E-state index contributed by atoms with van der Waals surface area (Å²) in [4.78, 5) is 27.0. The van der Waals surface area contributed by atoms with Crippen molar-refractivity contribution in [2.45, 2.75) is 6.92 Å². The third kappa shape index (κ3) is 2.85. The number of anilines is 1. The molecule has 4 aromatic rings. The zero-order valence-electron chi connectivity index (χ0n) is 16.5. The van der Waals surface area contributed by atoms with Gasteiger partial charge in [-0.2, -0.15) is 0 Å². The summed E-state index contributed by atoms with van der Waals surface area (Å²) in [5.74, 6) is -0.0393. The van der Waals surface area contributed by atoms with Crippen molar-refractivity contribution >= 4 is 34.2 Å². The molecule has 0 radical (unpaired) electrons. The van der Waals surface area contributed by atoms with Crippen LogP contribution < -0.4 is 10.5 Å². The van der Waals surface area contributed by atoms with Gasteiger partial charge in [-0.3, -0.25) is 4.79 Å². The number of benzene rings is 3. The summed E-state index contributed by atoms with van der Waals surface area (Å²) in [5.41, 5.74) is 5.28. The zero-order valence-corrected chi connectivity index (χ0v) is 16.5. The second kappa shape index (κ2) is 7.16. The number of nitrogens with zero attached hydrogens (tertiary/aromatic N) is 1. The van der Waals surface area contributed by atoms with Crippen LogP contribution in [0.5, 0.6) is 0 Å². The smallest absolute Gasteiger partial charge is 0.336 e. The SMILES string of the molecule is CCN1C(=O)c2ccccc2/C(=C/c2ccccc2)c2c1ccc1oc(=O)ccc21. The zero-order chi connectivity index (χ0) is 20.7. The molecule has 0 bridgehead atoms. The first kappa shape index (κ1) is 18.1. The summed E-state index contributed by atoms with van der Waals surface area (Å²) >= 11 is 0. The first-order chi connectivity index (χ1) is 14.7. The standard InChI is InChI=1S/C26H19NO3/c1-2-27-22-13-14-23-20(12-15-24(28)30-23)25(22)21(16-17-8-4-3-5-9-17)18-10-6-7-11-19(18)26(27)29/h3-16H,2H2,1H3/b21-16-. The molecule has 146 valence electrons. The molecule has 4 nitrogen and oxygen atoms in total. The van der Waals surface area contributed by atoms with Crippen molar-refractivity contribution in [1.82, 2.24) is 0 Å².